The smallest absolute Gasteiger partial charge is 0.271 e. The number of nitrogens with zero attached hydrogens (tertiary/aromatic N) is 3. The summed E-state index contributed by atoms with van der Waals surface area (Å²) in [6.45, 7) is 0. The molecule has 4 aromatic rings. The van der Waals surface area contributed by atoms with Crippen LogP contribution in [0.1, 0.15) is 10.4 Å². The van der Waals surface area contributed by atoms with Gasteiger partial charge >= 0.3 is 0 Å². The molecule has 1 N–H and O–H groups in total. The number of rotatable bonds is 2. The van der Waals surface area contributed by atoms with Gasteiger partial charge in [0.2, 0.25) is 0 Å². The first-order valence-electron chi connectivity index (χ1n) is 6.95. The lowest BCUT2D eigenvalue weighted by molar-refractivity contribution is 0.102. The Labute approximate surface area is 134 Å². The minimum Gasteiger partial charge on any atom is -0.350 e. The lowest BCUT2D eigenvalue weighted by atomic mass is 10.2. The van der Waals surface area contributed by atoms with Crippen LogP contribution in [0.4, 0.5) is 5.69 Å². The average Bonchev–Trinajstić information content (AvgIpc) is 3.16. The van der Waals surface area contributed by atoms with Gasteiger partial charge in [-0.2, -0.15) is 0 Å². The van der Waals surface area contributed by atoms with Gasteiger partial charge in [0, 0.05) is 41.9 Å². The molecule has 0 aliphatic rings. The van der Waals surface area contributed by atoms with Crippen LogP contribution < -0.4 is 10.9 Å². The molecule has 23 heavy (non-hydrogen) atoms. The molecule has 0 radical (unpaired) electrons. The number of hydrogen-bond acceptors (Lipinski definition) is 4. The molecule has 1 amide bonds. The summed E-state index contributed by atoms with van der Waals surface area (Å²) in [6.07, 6.45) is 4.87. The van der Waals surface area contributed by atoms with Crippen LogP contribution in [0.5, 0.6) is 0 Å². The van der Waals surface area contributed by atoms with Gasteiger partial charge in [0.25, 0.3) is 11.5 Å². The van der Waals surface area contributed by atoms with Crippen molar-refractivity contribution in [1.82, 2.24) is 14.0 Å². The Kier molecular flexibility index (Phi) is 3.02. The number of benzene rings is 1. The highest BCUT2D eigenvalue weighted by Crippen LogP contribution is 2.24. The van der Waals surface area contributed by atoms with Crippen molar-refractivity contribution in [1.29, 1.82) is 0 Å². The standard InChI is InChI=1S/C16H12N4O2S/c1-19-6-5-10-12(3-2-4-13(10)19)18-14(21)11-9-17-16-20(15(11)22)7-8-23-16/h2-9H,1H3,(H,18,21). The zero-order valence-electron chi connectivity index (χ0n) is 12.2. The minimum absolute atomic E-state index is 0.0221. The third-order valence-corrected chi connectivity index (χ3v) is 4.53. The second-order valence-corrected chi connectivity index (χ2v) is 6.02. The van der Waals surface area contributed by atoms with Gasteiger partial charge in [-0.25, -0.2) is 4.98 Å². The maximum Gasteiger partial charge on any atom is 0.271 e. The van der Waals surface area contributed by atoms with Crippen molar-refractivity contribution in [3.8, 4) is 0 Å². The summed E-state index contributed by atoms with van der Waals surface area (Å²) in [4.78, 5) is 29.6. The second-order valence-electron chi connectivity index (χ2n) is 5.15. The van der Waals surface area contributed by atoms with Crippen LogP contribution in [0, 0.1) is 0 Å². The maximum atomic E-state index is 12.5. The van der Waals surface area contributed by atoms with Crippen LogP contribution in [0.2, 0.25) is 0 Å². The SMILES string of the molecule is Cn1ccc2c(NC(=O)c3cnc4sccn4c3=O)cccc21. The number of carbonyl (C=O) groups is 1. The number of hydrogen-bond donors (Lipinski definition) is 1. The van der Waals surface area contributed by atoms with Crippen LogP contribution >= 0.6 is 11.3 Å². The normalized spacial score (nSPS) is 11.2. The molecule has 0 aliphatic heterocycles. The van der Waals surface area contributed by atoms with Gasteiger partial charge in [0.15, 0.2) is 4.96 Å². The summed E-state index contributed by atoms with van der Waals surface area (Å²) in [5, 5.41) is 5.49. The summed E-state index contributed by atoms with van der Waals surface area (Å²) in [5.74, 6) is -0.459. The topological polar surface area (TPSA) is 68.4 Å². The molecule has 0 aliphatic carbocycles. The van der Waals surface area contributed by atoms with E-state index in [1.165, 1.54) is 21.9 Å². The summed E-state index contributed by atoms with van der Waals surface area (Å²) >= 11 is 1.35. The Morgan fingerprint density at radius 1 is 1.26 bits per heavy atom. The number of anilines is 1. The highest BCUT2D eigenvalue weighted by atomic mass is 32.1. The maximum absolute atomic E-state index is 12.5. The zero-order valence-corrected chi connectivity index (χ0v) is 13.0. The van der Waals surface area contributed by atoms with Gasteiger partial charge in [-0.05, 0) is 18.2 Å². The molecular weight excluding hydrogens is 312 g/mol. The van der Waals surface area contributed by atoms with E-state index in [-0.39, 0.29) is 11.1 Å². The molecule has 0 bridgehead atoms. The molecule has 4 rings (SSSR count). The molecular formula is C16H12N4O2S. The van der Waals surface area contributed by atoms with Gasteiger partial charge in [-0.1, -0.05) is 6.07 Å². The highest BCUT2D eigenvalue weighted by molar-refractivity contribution is 7.15. The third kappa shape index (κ3) is 2.13. The van der Waals surface area contributed by atoms with E-state index in [9.17, 15) is 9.59 Å². The third-order valence-electron chi connectivity index (χ3n) is 3.76. The Balaban J connectivity index is 1.76. The van der Waals surface area contributed by atoms with Crippen molar-refractivity contribution in [3.05, 3.63) is 64.2 Å². The van der Waals surface area contributed by atoms with Crippen LogP contribution in [0.15, 0.2) is 53.0 Å². The number of thiazole rings is 1. The average molecular weight is 324 g/mol. The fourth-order valence-corrected chi connectivity index (χ4v) is 3.26. The van der Waals surface area contributed by atoms with E-state index in [4.69, 9.17) is 0 Å². The number of aryl methyl sites for hydroxylation is 1. The lowest BCUT2D eigenvalue weighted by Crippen LogP contribution is -2.25. The monoisotopic (exact) mass is 324 g/mol. The van der Waals surface area contributed by atoms with Crippen LogP contribution in [0.25, 0.3) is 15.9 Å². The van der Waals surface area contributed by atoms with E-state index in [0.717, 1.165) is 10.9 Å². The first-order chi connectivity index (χ1) is 11.1. The zero-order chi connectivity index (χ0) is 16.0. The molecule has 0 saturated carbocycles. The van der Waals surface area contributed by atoms with Crippen molar-refractivity contribution in [2.24, 2.45) is 7.05 Å². The lowest BCUT2D eigenvalue weighted by Gasteiger charge is -2.07. The summed E-state index contributed by atoms with van der Waals surface area (Å²) < 4.78 is 3.35. The summed E-state index contributed by atoms with van der Waals surface area (Å²) in [7, 11) is 1.94. The number of carbonyl (C=O) groups excluding carboxylic acids is 1. The van der Waals surface area contributed by atoms with Gasteiger partial charge in [-0.3, -0.25) is 14.0 Å². The highest BCUT2D eigenvalue weighted by Gasteiger charge is 2.15. The van der Waals surface area contributed by atoms with Gasteiger partial charge in [0.05, 0.1) is 5.69 Å². The molecule has 0 saturated heterocycles. The Hall–Kier alpha value is -2.93. The number of aromatic nitrogens is 3. The number of fused-ring (bicyclic) bond motifs is 2. The first-order valence-corrected chi connectivity index (χ1v) is 7.83. The number of amides is 1. The van der Waals surface area contributed by atoms with Crippen molar-refractivity contribution in [3.63, 3.8) is 0 Å². The fraction of sp³-hybridized carbons (Fsp3) is 0.0625. The van der Waals surface area contributed by atoms with Crippen LogP contribution in [-0.2, 0) is 7.05 Å². The van der Waals surface area contributed by atoms with E-state index >= 15 is 0 Å². The minimum atomic E-state index is -0.459. The van der Waals surface area contributed by atoms with Crippen molar-refractivity contribution in [2.45, 2.75) is 0 Å². The molecule has 3 aromatic heterocycles. The van der Waals surface area contributed by atoms with Gasteiger partial charge < -0.3 is 9.88 Å². The predicted molar refractivity (Wildman–Crippen MR) is 90.2 cm³/mol. The van der Waals surface area contributed by atoms with Crippen molar-refractivity contribution < 1.29 is 4.79 Å². The van der Waals surface area contributed by atoms with Crippen molar-refractivity contribution in [2.75, 3.05) is 5.32 Å². The molecule has 3 heterocycles. The Bertz CT molecular complexity index is 1110. The van der Waals surface area contributed by atoms with Gasteiger partial charge in [-0.15, -0.1) is 11.3 Å². The van der Waals surface area contributed by atoms with E-state index in [1.54, 1.807) is 11.6 Å². The Morgan fingerprint density at radius 3 is 3.00 bits per heavy atom. The molecule has 7 heteroatoms. The first kappa shape index (κ1) is 13.7. The fourth-order valence-electron chi connectivity index (χ4n) is 2.58. The second kappa shape index (κ2) is 5.06. The molecule has 114 valence electrons. The molecule has 0 atom stereocenters. The summed E-state index contributed by atoms with van der Waals surface area (Å²) in [6, 6.07) is 7.58. The van der Waals surface area contributed by atoms with E-state index in [2.05, 4.69) is 10.3 Å². The van der Waals surface area contributed by atoms with E-state index < -0.39 is 5.91 Å². The quantitative estimate of drug-likeness (QED) is 0.616. The number of nitrogens with one attached hydrogen (secondary N) is 1. The summed E-state index contributed by atoms with van der Waals surface area (Å²) in [5.41, 5.74) is 1.33. The van der Waals surface area contributed by atoms with Crippen LogP contribution in [-0.4, -0.2) is 19.9 Å². The van der Waals surface area contributed by atoms with Crippen molar-refractivity contribution >= 4 is 38.8 Å². The largest absolute Gasteiger partial charge is 0.350 e. The van der Waals surface area contributed by atoms with Crippen LogP contribution in [0.3, 0.4) is 0 Å². The molecule has 6 nitrogen and oxygen atoms in total. The Morgan fingerprint density at radius 2 is 2.13 bits per heavy atom. The molecule has 0 fully saturated rings. The molecule has 1 aromatic carbocycles. The molecule has 0 unspecified atom stereocenters. The predicted octanol–water partition coefficient (Wildman–Crippen LogP) is 2.50. The van der Waals surface area contributed by atoms with Gasteiger partial charge in [0.1, 0.15) is 5.56 Å². The molecule has 0 spiro atoms. The van der Waals surface area contributed by atoms with E-state index in [1.807, 2.05) is 42.1 Å². The van der Waals surface area contributed by atoms with E-state index in [0.29, 0.717) is 10.6 Å².